The second-order valence-electron chi connectivity index (χ2n) is 10.1. The summed E-state index contributed by atoms with van der Waals surface area (Å²) in [5, 5.41) is 12.0. The molecule has 6 aromatic rings. The average Bonchev–Trinajstić information content (AvgIpc) is 3.62. The van der Waals surface area contributed by atoms with Gasteiger partial charge in [-0.2, -0.15) is 4.98 Å². The highest BCUT2D eigenvalue weighted by atomic mass is 32.2. The van der Waals surface area contributed by atoms with Crippen molar-refractivity contribution in [2.75, 3.05) is 13.6 Å². The van der Waals surface area contributed by atoms with Crippen molar-refractivity contribution in [1.82, 2.24) is 20.0 Å². The predicted molar refractivity (Wildman–Crippen MR) is 164 cm³/mol. The molecule has 0 radical (unpaired) electrons. The number of aliphatic carboxylic acids is 1. The van der Waals surface area contributed by atoms with Crippen molar-refractivity contribution >= 4 is 44.1 Å². The van der Waals surface area contributed by atoms with E-state index in [-0.39, 0.29) is 29.9 Å². The maximum Gasteiger partial charge on any atom is 0.304 e. The van der Waals surface area contributed by atoms with Gasteiger partial charge in [-0.1, -0.05) is 12.1 Å². The molecule has 0 aliphatic rings. The maximum atomic E-state index is 13.7. The summed E-state index contributed by atoms with van der Waals surface area (Å²) in [6.45, 7) is -0.285. The van der Waals surface area contributed by atoms with Crippen molar-refractivity contribution in [3.63, 3.8) is 0 Å². The van der Waals surface area contributed by atoms with E-state index in [1.807, 2.05) is 0 Å². The Morgan fingerprint density at radius 3 is 2.44 bits per heavy atom. The van der Waals surface area contributed by atoms with Crippen LogP contribution < -0.4 is 10.0 Å². The number of halogens is 1. The molecule has 0 saturated heterocycles. The Hall–Kier alpha value is -5.40. The number of oxazole rings is 1. The lowest BCUT2D eigenvalue weighted by Gasteiger charge is -2.13. The number of aromatic nitrogens is 2. The van der Waals surface area contributed by atoms with Crippen LogP contribution in [0.3, 0.4) is 0 Å². The zero-order valence-corrected chi connectivity index (χ0v) is 24.5. The molecule has 1 amide bonds. The van der Waals surface area contributed by atoms with E-state index in [1.54, 1.807) is 48.7 Å². The molecule has 228 valence electrons. The molecule has 3 aromatic carbocycles. The van der Waals surface area contributed by atoms with E-state index in [2.05, 4.69) is 20.0 Å². The minimum Gasteiger partial charge on any atom is -0.481 e. The van der Waals surface area contributed by atoms with E-state index < -0.39 is 33.5 Å². The number of carboxylic acid groups (broad SMARTS) is 1. The molecule has 6 rings (SSSR count). The first-order valence-electron chi connectivity index (χ1n) is 13.7. The topological polar surface area (TPSA) is 165 Å². The number of carbonyl (C=O) groups is 2. The Balaban J connectivity index is 1.53. The number of carbonyl (C=O) groups excluding carboxylic acids is 1. The summed E-state index contributed by atoms with van der Waals surface area (Å²) in [5.41, 5.74) is 3.79. The van der Waals surface area contributed by atoms with Crippen LogP contribution in [-0.4, -0.2) is 49.0 Å². The molecule has 0 aliphatic carbocycles. The summed E-state index contributed by atoms with van der Waals surface area (Å²) >= 11 is 0. The molecule has 3 aromatic heterocycles. The highest BCUT2D eigenvalue weighted by Crippen LogP contribution is 2.39. The van der Waals surface area contributed by atoms with Crippen LogP contribution in [0, 0.1) is 5.82 Å². The second kappa shape index (κ2) is 11.9. The Morgan fingerprint density at radius 2 is 1.71 bits per heavy atom. The smallest absolute Gasteiger partial charge is 0.304 e. The fourth-order valence-corrected chi connectivity index (χ4v) is 6.17. The van der Waals surface area contributed by atoms with E-state index >= 15 is 0 Å². The number of benzene rings is 3. The quantitative estimate of drug-likeness (QED) is 0.181. The number of pyridine rings is 1. The van der Waals surface area contributed by atoms with Gasteiger partial charge in [-0.25, -0.2) is 22.5 Å². The van der Waals surface area contributed by atoms with Crippen molar-refractivity contribution in [3.05, 3.63) is 95.9 Å². The van der Waals surface area contributed by atoms with Crippen LogP contribution in [0.2, 0.25) is 0 Å². The normalized spacial score (nSPS) is 11.7. The Labute approximate surface area is 255 Å². The van der Waals surface area contributed by atoms with Gasteiger partial charge in [0.15, 0.2) is 11.2 Å². The standard InChI is InChI=1S/C32H25FN4O7S/c1-34-31(40)28-24-16-23(19-4-2-5-20(14-19)32-37-30-25(44-32)6-3-12-35-30)21(17-45(41,42)36-13-11-27(38)39)15-26(24)43-29(28)18-7-9-22(33)10-8-18/h2-10,12,14-16,36H,11,13,17H2,1H3,(H,34,40)(H,38,39). The van der Waals surface area contributed by atoms with Gasteiger partial charge >= 0.3 is 5.97 Å². The van der Waals surface area contributed by atoms with Crippen molar-refractivity contribution in [2.24, 2.45) is 0 Å². The highest BCUT2D eigenvalue weighted by molar-refractivity contribution is 7.88. The molecule has 0 bridgehead atoms. The molecular formula is C32H25FN4O7S. The summed E-state index contributed by atoms with van der Waals surface area (Å²) in [6, 6.07) is 19.3. The minimum atomic E-state index is -4.01. The first kappa shape index (κ1) is 29.7. The predicted octanol–water partition coefficient (Wildman–Crippen LogP) is 5.36. The van der Waals surface area contributed by atoms with Gasteiger partial charge < -0.3 is 19.3 Å². The van der Waals surface area contributed by atoms with Gasteiger partial charge in [-0.15, -0.1) is 0 Å². The van der Waals surface area contributed by atoms with Crippen LogP contribution in [0.4, 0.5) is 4.39 Å². The van der Waals surface area contributed by atoms with Crippen LogP contribution in [0.5, 0.6) is 0 Å². The molecule has 0 unspecified atom stereocenters. The van der Waals surface area contributed by atoms with Crippen molar-refractivity contribution in [2.45, 2.75) is 12.2 Å². The SMILES string of the molecule is CNC(=O)c1c(-c2ccc(F)cc2)oc2cc(CS(=O)(=O)NCCC(=O)O)c(-c3cccc(-c4nc5ncccc5o4)c3)cc12. The third-order valence-corrected chi connectivity index (χ3v) is 8.40. The van der Waals surface area contributed by atoms with Gasteiger partial charge in [0.25, 0.3) is 5.91 Å². The zero-order chi connectivity index (χ0) is 31.7. The summed E-state index contributed by atoms with van der Waals surface area (Å²) < 4.78 is 54.3. The molecule has 0 saturated carbocycles. The zero-order valence-electron chi connectivity index (χ0n) is 23.7. The number of nitrogens with zero attached hydrogens (tertiary/aromatic N) is 2. The first-order chi connectivity index (χ1) is 21.6. The largest absolute Gasteiger partial charge is 0.481 e. The Bertz CT molecular complexity index is 2160. The number of hydrogen-bond acceptors (Lipinski definition) is 8. The lowest BCUT2D eigenvalue weighted by Crippen LogP contribution is -2.27. The first-order valence-corrected chi connectivity index (χ1v) is 15.4. The van der Waals surface area contributed by atoms with Gasteiger partial charge in [0, 0.05) is 36.3 Å². The molecule has 11 nitrogen and oxygen atoms in total. The molecule has 0 fully saturated rings. The van der Waals surface area contributed by atoms with Gasteiger partial charge in [0.1, 0.15) is 17.2 Å². The molecule has 3 N–H and O–H groups in total. The van der Waals surface area contributed by atoms with Gasteiger partial charge in [0.2, 0.25) is 15.9 Å². The molecule has 45 heavy (non-hydrogen) atoms. The number of sulfonamides is 1. The van der Waals surface area contributed by atoms with Crippen LogP contribution >= 0.6 is 0 Å². The molecule has 13 heteroatoms. The third-order valence-electron chi connectivity index (χ3n) is 7.07. The Kier molecular flexibility index (Phi) is 7.87. The van der Waals surface area contributed by atoms with E-state index in [0.717, 1.165) is 0 Å². The van der Waals surface area contributed by atoms with E-state index in [0.29, 0.717) is 50.3 Å². The van der Waals surface area contributed by atoms with Crippen molar-refractivity contribution < 1.29 is 36.3 Å². The van der Waals surface area contributed by atoms with Crippen LogP contribution in [-0.2, 0) is 20.6 Å². The van der Waals surface area contributed by atoms with E-state index in [1.165, 1.54) is 37.4 Å². The third kappa shape index (κ3) is 6.16. The average molecular weight is 629 g/mol. The number of hydrogen-bond donors (Lipinski definition) is 3. The summed E-state index contributed by atoms with van der Waals surface area (Å²) in [5.74, 6) is -2.08. The number of rotatable bonds is 10. The van der Waals surface area contributed by atoms with Crippen molar-refractivity contribution in [3.8, 4) is 33.9 Å². The Morgan fingerprint density at radius 1 is 0.933 bits per heavy atom. The van der Waals surface area contributed by atoms with Gasteiger partial charge in [-0.3, -0.25) is 9.59 Å². The van der Waals surface area contributed by atoms with E-state index in [4.69, 9.17) is 13.9 Å². The monoisotopic (exact) mass is 628 g/mol. The summed E-state index contributed by atoms with van der Waals surface area (Å²) in [7, 11) is -2.53. The molecular weight excluding hydrogens is 603 g/mol. The molecule has 0 atom stereocenters. The summed E-state index contributed by atoms with van der Waals surface area (Å²) in [6.07, 6.45) is 1.22. The number of amides is 1. The molecule has 0 spiro atoms. The van der Waals surface area contributed by atoms with Gasteiger partial charge in [0.05, 0.1) is 17.7 Å². The van der Waals surface area contributed by atoms with Crippen molar-refractivity contribution in [1.29, 1.82) is 0 Å². The maximum absolute atomic E-state index is 13.7. The lowest BCUT2D eigenvalue weighted by molar-refractivity contribution is -0.136. The fourth-order valence-electron chi connectivity index (χ4n) is 5.01. The second-order valence-corrected chi connectivity index (χ2v) is 11.9. The van der Waals surface area contributed by atoms with Gasteiger partial charge in [-0.05, 0) is 77.4 Å². The number of fused-ring (bicyclic) bond motifs is 2. The number of carboxylic acids is 1. The number of nitrogens with one attached hydrogen (secondary N) is 2. The lowest BCUT2D eigenvalue weighted by atomic mass is 9.95. The highest BCUT2D eigenvalue weighted by Gasteiger charge is 2.25. The van der Waals surface area contributed by atoms with Crippen LogP contribution in [0.15, 0.2) is 87.8 Å². The fraction of sp³-hybridized carbons (Fsp3) is 0.125. The van der Waals surface area contributed by atoms with Crippen LogP contribution in [0.1, 0.15) is 22.3 Å². The van der Waals surface area contributed by atoms with Crippen LogP contribution in [0.25, 0.3) is 56.1 Å². The van der Waals surface area contributed by atoms with E-state index in [9.17, 15) is 22.4 Å². The minimum absolute atomic E-state index is 0.183. The summed E-state index contributed by atoms with van der Waals surface area (Å²) in [4.78, 5) is 32.8. The molecule has 0 aliphatic heterocycles. The molecule has 3 heterocycles. The number of furan rings is 1.